The van der Waals surface area contributed by atoms with Crippen molar-refractivity contribution in [3.8, 4) is 28.9 Å². The standard InChI is InChI=1S/C37H34F6N4O4/c1-2-26-29(39)10-9-23-13-25(51-21-48-18-22-7-4-3-5-8-22)14-27(30(23)26)32-31(40)33-28(16-44-32)34(49-20-37(41,42)43)46-35(45-33)50-19-36-11-6-12-47(36)17-24(38)15-36/h3-5,7-10,13-14,16,24H,2,6,11-12,15,17-21H2,1H3/t24-,36+/m1/s1. The fourth-order valence-electron chi connectivity index (χ4n) is 7.12. The Balaban J connectivity index is 1.28. The minimum absolute atomic E-state index is 0.0489. The van der Waals surface area contributed by atoms with Crippen molar-refractivity contribution >= 4 is 21.7 Å². The highest BCUT2D eigenvalue weighted by Gasteiger charge is 2.49. The molecule has 4 heterocycles. The second-order valence-electron chi connectivity index (χ2n) is 12.8. The molecule has 0 amide bonds. The molecule has 2 saturated heterocycles. The van der Waals surface area contributed by atoms with Crippen LogP contribution in [0.5, 0.6) is 17.6 Å². The lowest BCUT2D eigenvalue weighted by molar-refractivity contribution is -0.153. The fourth-order valence-corrected chi connectivity index (χ4v) is 7.12. The maximum absolute atomic E-state index is 16.8. The van der Waals surface area contributed by atoms with Crippen molar-refractivity contribution in [3.63, 3.8) is 0 Å². The summed E-state index contributed by atoms with van der Waals surface area (Å²) in [6.45, 7) is 1.07. The zero-order valence-electron chi connectivity index (χ0n) is 27.6. The van der Waals surface area contributed by atoms with Gasteiger partial charge in [-0.1, -0.05) is 43.3 Å². The number of ether oxygens (including phenoxy) is 4. The lowest BCUT2D eigenvalue weighted by Crippen LogP contribution is -2.43. The maximum Gasteiger partial charge on any atom is 0.422 e. The van der Waals surface area contributed by atoms with E-state index in [-0.39, 0.29) is 61.8 Å². The van der Waals surface area contributed by atoms with E-state index in [2.05, 4.69) is 15.0 Å². The number of benzene rings is 3. The third-order valence-electron chi connectivity index (χ3n) is 9.40. The Bertz CT molecular complexity index is 2050. The molecule has 2 fully saturated rings. The van der Waals surface area contributed by atoms with Gasteiger partial charge in [-0.25, -0.2) is 13.2 Å². The van der Waals surface area contributed by atoms with E-state index in [1.54, 1.807) is 13.0 Å². The van der Waals surface area contributed by atoms with E-state index in [0.29, 0.717) is 29.3 Å². The lowest BCUT2D eigenvalue weighted by Gasteiger charge is -2.30. The molecule has 8 nitrogen and oxygen atoms in total. The van der Waals surface area contributed by atoms with Gasteiger partial charge in [-0.2, -0.15) is 23.1 Å². The van der Waals surface area contributed by atoms with E-state index >= 15 is 8.78 Å². The quantitative estimate of drug-likeness (QED) is 0.0730. The predicted octanol–water partition coefficient (Wildman–Crippen LogP) is 8.14. The zero-order valence-corrected chi connectivity index (χ0v) is 27.6. The molecule has 2 atom stereocenters. The van der Waals surface area contributed by atoms with Gasteiger partial charge in [-0.3, -0.25) is 9.88 Å². The predicted molar refractivity (Wildman–Crippen MR) is 176 cm³/mol. The summed E-state index contributed by atoms with van der Waals surface area (Å²) in [5, 5.41) is 0.683. The summed E-state index contributed by atoms with van der Waals surface area (Å²) >= 11 is 0. The number of hydrogen-bond donors (Lipinski definition) is 0. The van der Waals surface area contributed by atoms with Crippen molar-refractivity contribution in [2.45, 2.75) is 57.1 Å². The molecule has 0 spiro atoms. The zero-order chi connectivity index (χ0) is 35.8. The van der Waals surface area contributed by atoms with E-state index in [4.69, 9.17) is 18.9 Å². The summed E-state index contributed by atoms with van der Waals surface area (Å²) in [6, 6.07) is 15.1. The first-order valence-electron chi connectivity index (χ1n) is 16.6. The number of halogens is 6. The van der Waals surface area contributed by atoms with Crippen molar-refractivity contribution < 1.29 is 45.3 Å². The van der Waals surface area contributed by atoms with Crippen molar-refractivity contribution in [1.29, 1.82) is 0 Å². The molecule has 268 valence electrons. The molecule has 2 aromatic heterocycles. The molecular formula is C37H34F6N4O4. The van der Waals surface area contributed by atoms with E-state index < -0.39 is 53.5 Å². The Kier molecular flexibility index (Phi) is 9.64. The largest absolute Gasteiger partial charge is 0.467 e. The third-order valence-corrected chi connectivity index (χ3v) is 9.40. The van der Waals surface area contributed by atoms with E-state index in [1.807, 2.05) is 35.2 Å². The molecule has 7 rings (SSSR count). The second-order valence-corrected chi connectivity index (χ2v) is 12.8. The van der Waals surface area contributed by atoms with Crippen LogP contribution in [0.15, 0.2) is 60.8 Å². The SMILES string of the molecule is CCc1c(F)ccc2cc(OCOCc3ccccc3)cc(-c3ncc4c(OCC(F)(F)F)nc(OC[C@@]56CCCN5C[C@H](F)C6)nc4c3F)c12. The first kappa shape index (κ1) is 34.7. The van der Waals surface area contributed by atoms with Crippen molar-refractivity contribution in [3.05, 3.63) is 83.6 Å². The van der Waals surface area contributed by atoms with Gasteiger partial charge in [0.1, 0.15) is 35.6 Å². The lowest BCUT2D eigenvalue weighted by atomic mass is 9.94. The minimum atomic E-state index is -4.72. The van der Waals surface area contributed by atoms with Crippen LogP contribution >= 0.6 is 0 Å². The Morgan fingerprint density at radius 3 is 2.61 bits per heavy atom. The van der Waals surface area contributed by atoms with Gasteiger partial charge in [0.25, 0.3) is 0 Å². The molecular weight excluding hydrogens is 678 g/mol. The molecule has 3 aromatic carbocycles. The van der Waals surface area contributed by atoms with Crippen LogP contribution in [0.25, 0.3) is 32.9 Å². The number of hydrogen-bond acceptors (Lipinski definition) is 8. The van der Waals surface area contributed by atoms with E-state index in [9.17, 15) is 17.6 Å². The number of fused-ring (bicyclic) bond motifs is 3. The highest BCUT2D eigenvalue weighted by molar-refractivity contribution is 6.01. The third kappa shape index (κ3) is 7.24. The van der Waals surface area contributed by atoms with E-state index in [1.165, 1.54) is 18.2 Å². The van der Waals surface area contributed by atoms with Crippen molar-refractivity contribution in [2.24, 2.45) is 0 Å². The Morgan fingerprint density at radius 2 is 1.82 bits per heavy atom. The van der Waals surface area contributed by atoms with Crippen molar-refractivity contribution in [2.75, 3.05) is 33.1 Å². The highest BCUT2D eigenvalue weighted by atomic mass is 19.4. The molecule has 0 bridgehead atoms. The maximum atomic E-state index is 16.8. The van der Waals surface area contributed by atoms with Gasteiger partial charge in [0.2, 0.25) is 5.88 Å². The number of aromatic nitrogens is 3. The van der Waals surface area contributed by atoms with Crippen LogP contribution in [0.4, 0.5) is 26.3 Å². The average molecular weight is 713 g/mol. The molecule has 0 unspecified atom stereocenters. The van der Waals surface area contributed by atoms with Gasteiger partial charge in [0, 0.05) is 24.7 Å². The monoisotopic (exact) mass is 712 g/mol. The van der Waals surface area contributed by atoms with Gasteiger partial charge in [-0.05, 0) is 65.9 Å². The number of rotatable bonds is 12. The molecule has 51 heavy (non-hydrogen) atoms. The van der Waals surface area contributed by atoms with Gasteiger partial charge in [-0.15, -0.1) is 0 Å². The van der Waals surface area contributed by atoms with E-state index in [0.717, 1.165) is 18.2 Å². The van der Waals surface area contributed by atoms with Crippen LogP contribution in [0.3, 0.4) is 0 Å². The molecule has 2 aliphatic rings. The van der Waals surface area contributed by atoms with Crippen LogP contribution in [0.2, 0.25) is 0 Å². The molecule has 14 heteroatoms. The van der Waals surface area contributed by atoms with Crippen LogP contribution < -0.4 is 14.2 Å². The van der Waals surface area contributed by atoms with Crippen molar-refractivity contribution in [1.82, 2.24) is 19.9 Å². The fraction of sp³-hybridized carbons (Fsp3) is 0.378. The molecule has 2 aliphatic heterocycles. The average Bonchev–Trinajstić information content (AvgIpc) is 3.64. The Morgan fingerprint density at radius 1 is 1.00 bits per heavy atom. The molecule has 5 aromatic rings. The topological polar surface area (TPSA) is 78.8 Å². The summed E-state index contributed by atoms with van der Waals surface area (Å²) in [5.41, 5.74) is 0.103. The Labute approximate surface area is 289 Å². The molecule has 0 aliphatic carbocycles. The number of pyridine rings is 1. The smallest absolute Gasteiger partial charge is 0.422 e. The molecule has 0 radical (unpaired) electrons. The number of nitrogens with zero attached hydrogens (tertiary/aromatic N) is 4. The summed E-state index contributed by atoms with van der Waals surface area (Å²) in [6.07, 6.45) is -2.70. The summed E-state index contributed by atoms with van der Waals surface area (Å²) in [4.78, 5) is 14.6. The first-order chi connectivity index (χ1) is 24.5. The molecule has 0 saturated carbocycles. The first-order valence-corrected chi connectivity index (χ1v) is 16.6. The van der Waals surface area contributed by atoms with Gasteiger partial charge in [0.05, 0.1) is 17.5 Å². The minimum Gasteiger partial charge on any atom is -0.467 e. The molecule has 0 N–H and O–H groups in total. The normalized spacial score (nSPS) is 19.2. The Hall–Kier alpha value is -4.69. The van der Waals surface area contributed by atoms with Gasteiger partial charge < -0.3 is 18.9 Å². The number of aryl methyl sites for hydroxylation is 1. The second kappa shape index (κ2) is 14.1. The summed E-state index contributed by atoms with van der Waals surface area (Å²) in [7, 11) is 0. The number of alkyl halides is 4. The summed E-state index contributed by atoms with van der Waals surface area (Å²) < 4.78 is 109. The van der Waals surface area contributed by atoms with Gasteiger partial charge in [0.15, 0.2) is 19.2 Å². The highest BCUT2D eigenvalue weighted by Crippen LogP contribution is 2.42. The van der Waals surface area contributed by atoms with Crippen LogP contribution in [0.1, 0.15) is 37.3 Å². The summed E-state index contributed by atoms with van der Waals surface area (Å²) in [5.74, 6) is -1.83. The van der Waals surface area contributed by atoms with Crippen LogP contribution in [0, 0.1) is 11.6 Å². The van der Waals surface area contributed by atoms with Gasteiger partial charge >= 0.3 is 12.2 Å². The van der Waals surface area contributed by atoms with Crippen LogP contribution in [-0.2, 0) is 17.8 Å². The van der Waals surface area contributed by atoms with Crippen LogP contribution in [-0.4, -0.2) is 70.8 Å².